The van der Waals surface area contributed by atoms with Crippen molar-refractivity contribution in [1.82, 2.24) is 0 Å². The van der Waals surface area contributed by atoms with Crippen LogP contribution in [0.25, 0.3) is 0 Å². The highest BCUT2D eigenvalue weighted by Crippen LogP contribution is 2.40. The van der Waals surface area contributed by atoms with E-state index in [0.29, 0.717) is 17.9 Å². The van der Waals surface area contributed by atoms with Crippen LogP contribution in [-0.4, -0.2) is 29.4 Å². The number of ether oxygens (including phenoxy) is 2. The fourth-order valence-electron chi connectivity index (χ4n) is 3.51. The SMILES string of the molecule is CC(C)(C)OC(=O)c1ccc(OC[C@]2(C=O)CCc3cc(Cl)ccc32)c([N+](=O)[O-])c1. The van der Waals surface area contributed by atoms with Crippen molar-refractivity contribution in [2.75, 3.05) is 6.61 Å². The summed E-state index contributed by atoms with van der Waals surface area (Å²) in [5, 5.41) is 12.1. The molecule has 0 N–H and O–H groups in total. The Morgan fingerprint density at radius 2 is 2.00 bits per heavy atom. The van der Waals surface area contributed by atoms with Gasteiger partial charge in [-0.05, 0) is 69.0 Å². The monoisotopic (exact) mass is 431 g/mol. The number of carbonyl (C=O) groups is 2. The van der Waals surface area contributed by atoms with Gasteiger partial charge in [-0.25, -0.2) is 4.79 Å². The first-order chi connectivity index (χ1) is 14.0. The van der Waals surface area contributed by atoms with Crippen molar-refractivity contribution in [2.45, 2.75) is 44.6 Å². The average Bonchev–Trinajstić information content (AvgIpc) is 3.03. The number of halogens is 1. The molecule has 0 aliphatic heterocycles. The molecule has 2 aromatic carbocycles. The third-order valence-corrected chi connectivity index (χ3v) is 5.18. The molecule has 0 saturated carbocycles. The normalized spacial score (nSPS) is 17.9. The van der Waals surface area contributed by atoms with Gasteiger partial charge in [0.1, 0.15) is 18.5 Å². The summed E-state index contributed by atoms with van der Waals surface area (Å²) < 4.78 is 11.0. The van der Waals surface area contributed by atoms with E-state index in [9.17, 15) is 19.7 Å². The number of aldehydes is 1. The van der Waals surface area contributed by atoms with Crippen LogP contribution in [0.5, 0.6) is 5.75 Å². The summed E-state index contributed by atoms with van der Waals surface area (Å²) in [5.74, 6) is -0.681. The molecule has 1 aliphatic carbocycles. The number of benzene rings is 2. The smallest absolute Gasteiger partial charge is 0.338 e. The third kappa shape index (κ3) is 4.46. The Kier molecular flexibility index (Phi) is 5.85. The molecule has 0 bridgehead atoms. The Balaban J connectivity index is 1.86. The van der Waals surface area contributed by atoms with Crippen molar-refractivity contribution >= 4 is 29.5 Å². The first kappa shape index (κ1) is 21.8. The Bertz CT molecular complexity index is 1010. The van der Waals surface area contributed by atoms with E-state index in [2.05, 4.69) is 0 Å². The molecule has 1 aliphatic rings. The Morgan fingerprint density at radius 1 is 1.27 bits per heavy atom. The van der Waals surface area contributed by atoms with E-state index >= 15 is 0 Å². The fraction of sp³-hybridized carbons (Fsp3) is 0.364. The Morgan fingerprint density at radius 3 is 2.63 bits per heavy atom. The molecule has 0 radical (unpaired) electrons. The highest BCUT2D eigenvalue weighted by molar-refractivity contribution is 6.30. The topological polar surface area (TPSA) is 95.7 Å². The van der Waals surface area contributed by atoms with E-state index < -0.39 is 21.9 Å². The van der Waals surface area contributed by atoms with Crippen molar-refractivity contribution in [3.63, 3.8) is 0 Å². The molecule has 8 heteroatoms. The maximum absolute atomic E-state index is 12.2. The van der Waals surface area contributed by atoms with Gasteiger partial charge in [0.25, 0.3) is 0 Å². The molecule has 30 heavy (non-hydrogen) atoms. The summed E-state index contributed by atoms with van der Waals surface area (Å²) in [5.41, 5.74) is -0.167. The maximum Gasteiger partial charge on any atom is 0.338 e. The van der Waals surface area contributed by atoms with Crippen LogP contribution in [0.1, 0.15) is 48.7 Å². The van der Waals surface area contributed by atoms with Crippen LogP contribution in [-0.2, 0) is 21.4 Å². The molecule has 0 saturated heterocycles. The van der Waals surface area contributed by atoms with Gasteiger partial charge in [0, 0.05) is 11.1 Å². The van der Waals surface area contributed by atoms with Crippen LogP contribution in [0.2, 0.25) is 5.02 Å². The van der Waals surface area contributed by atoms with Gasteiger partial charge in [0.05, 0.1) is 15.9 Å². The summed E-state index contributed by atoms with van der Waals surface area (Å²) in [4.78, 5) is 35.1. The number of carbonyl (C=O) groups excluding carboxylic acids is 2. The Labute approximate surface area is 179 Å². The van der Waals surface area contributed by atoms with Gasteiger partial charge >= 0.3 is 11.7 Å². The molecule has 0 aromatic heterocycles. The lowest BCUT2D eigenvalue weighted by molar-refractivity contribution is -0.385. The number of nitrogens with zero attached hydrogens (tertiary/aromatic N) is 1. The lowest BCUT2D eigenvalue weighted by Gasteiger charge is -2.24. The van der Waals surface area contributed by atoms with Gasteiger partial charge < -0.3 is 14.3 Å². The minimum Gasteiger partial charge on any atom is -0.485 e. The lowest BCUT2D eigenvalue weighted by atomic mass is 9.84. The molecule has 7 nitrogen and oxygen atoms in total. The number of nitro benzene ring substituents is 1. The predicted octanol–water partition coefficient (Wildman–Crippen LogP) is 4.67. The zero-order valence-electron chi connectivity index (χ0n) is 16.9. The van der Waals surface area contributed by atoms with Gasteiger partial charge in [-0.2, -0.15) is 0 Å². The standard InChI is InChI=1S/C22H22ClNO6/c1-21(2,3)30-20(26)15-4-7-19(18(11-15)24(27)28)29-13-22(12-25)9-8-14-10-16(23)5-6-17(14)22/h4-7,10-12H,8-9,13H2,1-3H3/t22-/m1/s1. The van der Waals surface area contributed by atoms with E-state index in [1.165, 1.54) is 12.1 Å². The van der Waals surface area contributed by atoms with Crippen molar-refractivity contribution in [2.24, 2.45) is 0 Å². The summed E-state index contributed by atoms with van der Waals surface area (Å²) >= 11 is 6.04. The first-order valence-corrected chi connectivity index (χ1v) is 9.82. The van der Waals surface area contributed by atoms with Crippen molar-refractivity contribution in [1.29, 1.82) is 0 Å². The zero-order valence-corrected chi connectivity index (χ0v) is 17.7. The van der Waals surface area contributed by atoms with Crippen LogP contribution in [0.3, 0.4) is 0 Å². The van der Waals surface area contributed by atoms with Gasteiger partial charge in [-0.3, -0.25) is 10.1 Å². The van der Waals surface area contributed by atoms with E-state index in [0.717, 1.165) is 23.5 Å². The minimum atomic E-state index is -0.905. The van der Waals surface area contributed by atoms with Crippen LogP contribution in [0.15, 0.2) is 36.4 Å². The predicted molar refractivity (Wildman–Crippen MR) is 111 cm³/mol. The molecular formula is C22H22ClNO6. The number of hydrogen-bond donors (Lipinski definition) is 0. The van der Waals surface area contributed by atoms with Crippen molar-refractivity contribution < 1.29 is 24.0 Å². The summed E-state index contributed by atoms with van der Waals surface area (Å²) in [6.07, 6.45) is 2.02. The van der Waals surface area contributed by atoms with Gasteiger partial charge in [-0.15, -0.1) is 0 Å². The number of fused-ring (bicyclic) bond motifs is 1. The quantitative estimate of drug-likeness (QED) is 0.285. The zero-order chi connectivity index (χ0) is 22.1. The second-order valence-corrected chi connectivity index (χ2v) is 8.74. The summed E-state index contributed by atoms with van der Waals surface area (Å²) in [6.45, 7) is 5.07. The molecule has 2 aromatic rings. The fourth-order valence-corrected chi connectivity index (χ4v) is 3.70. The number of esters is 1. The molecule has 0 fully saturated rings. The molecular weight excluding hydrogens is 410 g/mol. The summed E-state index contributed by atoms with van der Waals surface area (Å²) in [7, 11) is 0. The van der Waals surface area contributed by atoms with Gasteiger partial charge in [-0.1, -0.05) is 17.7 Å². The van der Waals surface area contributed by atoms with Crippen molar-refractivity contribution in [3.8, 4) is 5.75 Å². The number of rotatable bonds is 6. The molecule has 158 valence electrons. The van der Waals surface area contributed by atoms with Crippen LogP contribution >= 0.6 is 11.6 Å². The maximum atomic E-state index is 12.2. The largest absolute Gasteiger partial charge is 0.485 e. The molecule has 1 atom stereocenters. The lowest BCUT2D eigenvalue weighted by Crippen LogP contribution is -2.32. The van der Waals surface area contributed by atoms with Gasteiger partial charge in [0.2, 0.25) is 0 Å². The van der Waals surface area contributed by atoms with Crippen LogP contribution in [0, 0.1) is 10.1 Å². The molecule has 3 rings (SSSR count). The number of nitro groups is 1. The third-order valence-electron chi connectivity index (χ3n) is 4.95. The highest BCUT2D eigenvalue weighted by Gasteiger charge is 2.40. The number of hydrogen-bond acceptors (Lipinski definition) is 6. The second kappa shape index (κ2) is 8.07. The molecule has 0 amide bonds. The summed E-state index contributed by atoms with van der Waals surface area (Å²) in [6, 6.07) is 9.21. The molecule has 0 heterocycles. The minimum absolute atomic E-state index is 0.0176. The molecule has 0 spiro atoms. The Hall–Kier alpha value is -2.93. The first-order valence-electron chi connectivity index (χ1n) is 9.44. The highest BCUT2D eigenvalue weighted by atomic mass is 35.5. The molecule has 0 unspecified atom stereocenters. The van der Waals surface area contributed by atoms with Crippen molar-refractivity contribution in [3.05, 3.63) is 68.2 Å². The second-order valence-electron chi connectivity index (χ2n) is 8.31. The van der Waals surface area contributed by atoms with E-state index in [4.69, 9.17) is 21.1 Å². The number of aryl methyl sites for hydroxylation is 1. The van der Waals surface area contributed by atoms with E-state index in [1.54, 1.807) is 32.9 Å². The van der Waals surface area contributed by atoms with Crippen LogP contribution < -0.4 is 4.74 Å². The van der Waals surface area contributed by atoms with E-state index in [1.807, 2.05) is 6.07 Å². The average molecular weight is 432 g/mol. The van der Waals surface area contributed by atoms with E-state index in [-0.39, 0.29) is 23.6 Å². The van der Waals surface area contributed by atoms with Crippen LogP contribution in [0.4, 0.5) is 5.69 Å². The van der Waals surface area contributed by atoms with Gasteiger partial charge in [0.15, 0.2) is 5.75 Å².